The largest absolute Gasteiger partial charge is 0.497 e. The molecule has 1 aliphatic rings. The third-order valence-electron chi connectivity index (χ3n) is 2.35. The molecule has 1 N–H and O–H groups in total. The lowest BCUT2D eigenvalue weighted by molar-refractivity contribution is -0.150. The van der Waals surface area contributed by atoms with E-state index in [-0.39, 0.29) is 6.61 Å². The third-order valence-corrected chi connectivity index (χ3v) is 2.35. The summed E-state index contributed by atoms with van der Waals surface area (Å²) >= 11 is 0. The maximum absolute atomic E-state index is 10.7. The zero-order valence-electron chi connectivity index (χ0n) is 8.75. The molecule has 16 heavy (non-hydrogen) atoms. The monoisotopic (exact) mass is 224 g/mol. The molecule has 0 bridgehead atoms. The van der Waals surface area contributed by atoms with Crippen LogP contribution in [0.3, 0.4) is 0 Å². The molecule has 86 valence electrons. The van der Waals surface area contributed by atoms with Gasteiger partial charge in [0, 0.05) is 5.56 Å². The van der Waals surface area contributed by atoms with Gasteiger partial charge in [0.05, 0.1) is 13.7 Å². The quantitative estimate of drug-likeness (QED) is 0.835. The zero-order valence-corrected chi connectivity index (χ0v) is 8.75. The Morgan fingerprint density at radius 1 is 1.44 bits per heavy atom. The Labute approximate surface area is 92.5 Å². The van der Waals surface area contributed by atoms with Crippen LogP contribution in [-0.2, 0) is 14.3 Å². The second kappa shape index (κ2) is 4.51. The smallest absolute Gasteiger partial charge is 0.335 e. The predicted octanol–water partition coefficient (Wildman–Crippen LogP) is 1.19. The van der Waals surface area contributed by atoms with Gasteiger partial charge in [0.2, 0.25) is 0 Å². The van der Waals surface area contributed by atoms with Crippen molar-refractivity contribution in [2.45, 2.75) is 12.4 Å². The molecule has 2 rings (SSSR count). The maximum atomic E-state index is 10.7. The predicted molar refractivity (Wildman–Crippen MR) is 54.2 cm³/mol. The fourth-order valence-corrected chi connectivity index (χ4v) is 1.47. The molecule has 0 spiro atoms. The van der Waals surface area contributed by atoms with Crippen LogP contribution in [0, 0.1) is 0 Å². The van der Waals surface area contributed by atoms with Crippen molar-refractivity contribution < 1.29 is 24.1 Å². The summed E-state index contributed by atoms with van der Waals surface area (Å²) in [5, 5.41) is 8.74. The van der Waals surface area contributed by atoms with Crippen LogP contribution in [0.1, 0.15) is 11.9 Å². The lowest BCUT2D eigenvalue weighted by Gasteiger charge is -2.10. The number of benzene rings is 1. The maximum Gasteiger partial charge on any atom is 0.335 e. The number of carboxylic acids is 1. The van der Waals surface area contributed by atoms with Crippen LogP contribution in [0.15, 0.2) is 24.3 Å². The Morgan fingerprint density at radius 2 is 2.12 bits per heavy atom. The van der Waals surface area contributed by atoms with Crippen molar-refractivity contribution in [3.05, 3.63) is 29.8 Å². The summed E-state index contributed by atoms with van der Waals surface area (Å²) < 4.78 is 15.5. The SMILES string of the molecule is COc1ccc(C2OCC(C(=O)O)O2)cc1. The number of hydrogen-bond acceptors (Lipinski definition) is 4. The average molecular weight is 224 g/mol. The summed E-state index contributed by atoms with van der Waals surface area (Å²) in [4.78, 5) is 10.7. The first-order valence-electron chi connectivity index (χ1n) is 4.84. The van der Waals surface area contributed by atoms with Gasteiger partial charge in [-0.3, -0.25) is 0 Å². The molecule has 1 aliphatic heterocycles. The summed E-state index contributed by atoms with van der Waals surface area (Å²) in [6, 6.07) is 7.12. The van der Waals surface area contributed by atoms with Gasteiger partial charge in [0.1, 0.15) is 5.75 Å². The first kappa shape index (κ1) is 10.9. The van der Waals surface area contributed by atoms with Crippen molar-refractivity contribution in [1.82, 2.24) is 0 Å². The minimum absolute atomic E-state index is 0.0754. The Morgan fingerprint density at radius 3 is 2.62 bits per heavy atom. The van der Waals surface area contributed by atoms with Gasteiger partial charge in [-0.1, -0.05) is 12.1 Å². The number of carboxylic acid groups (broad SMARTS) is 1. The number of carbonyl (C=O) groups is 1. The number of ether oxygens (including phenoxy) is 3. The van der Waals surface area contributed by atoms with Gasteiger partial charge in [0.25, 0.3) is 0 Å². The van der Waals surface area contributed by atoms with E-state index >= 15 is 0 Å². The first-order valence-corrected chi connectivity index (χ1v) is 4.84. The van der Waals surface area contributed by atoms with Gasteiger partial charge >= 0.3 is 5.97 Å². The molecule has 0 saturated carbocycles. The summed E-state index contributed by atoms with van der Waals surface area (Å²) in [6.45, 7) is 0.0754. The van der Waals surface area contributed by atoms with Gasteiger partial charge in [-0.2, -0.15) is 0 Å². The van der Waals surface area contributed by atoms with E-state index in [1.54, 1.807) is 31.4 Å². The lowest BCUT2D eigenvalue weighted by Crippen LogP contribution is -2.21. The van der Waals surface area contributed by atoms with E-state index in [9.17, 15) is 4.79 Å². The van der Waals surface area contributed by atoms with Crippen molar-refractivity contribution in [2.75, 3.05) is 13.7 Å². The highest BCUT2D eigenvalue weighted by Crippen LogP contribution is 2.28. The van der Waals surface area contributed by atoms with Crippen LogP contribution >= 0.6 is 0 Å². The second-order valence-electron chi connectivity index (χ2n) is 3.40. The highest BCUT2D eigenvalue weighted by atomic mass is 16.7. The number of hydrogen-bond donors (Lipinski definition) is 1. The van der Waals surface area contributed by atoms with Crippen molar-refractivity contribution in [3.8, 4) is 5.75 Å². The molecule has 1 saturated heterocycles. The van der Waals surface area contributed by atoms with Crippen molar-refractivity contribution in [2.24, 2.45) is 0 Å². The topological polar surface area (TPSA) is 65.0 Å². The van der Waals surface area contributed by atoms with E-state index in [0.717, 1.165) is 11.3 Å². The molecule has 5 nitrogen and oxygen atoms in total. The summed E-state index contributed by atoms with van der Waals surface area (Å²) in [5.74, 6) is -0.271. The van der Waals surface area contributed by atoms with Crippen LogP contribution in [0.2, 0.25) is 0 Å². The summed E-state index contributed by atoms with van der Waals surface area (Å²) in [6.07, 6.45) is -1.49. The fraction of sp³-hybridized carbons (Fsp3) is 0.364. The molecule has 0 aliphatic carbocycles. The fourth-order valence-electron chi connectivity index (χ4n) is 1.47. The number of aliphatic carboxylic acids is 1. The van der Waals surface area contributed by atoms with Gasteiger partial charge in [-0.05, 0) is 12.1 Å². The van der Waals surface area contributed by atoms with Crippen molar-refractivity contribution in [3.63, 3.8) is 0 Å². The van der Waals surface area contributed by atoms with Crippen LogP contribution < -0.4 is 4.74 Å². The minimum Gasteiger partial charge on any atom is -0.497 e. The van der Waals surface area contributed by atoms with Crippen molar-refractivity contribution >= 4 is 5.97 Å². The van der Waals surface area contributed by atoms with Crippen LogP contribution in [-0.4, -0.2) is 30.9 Å². The number of methoxy groups -OCH3 is 1. The van der Waals surface area contributed by atoms with E-state index in [0.29, 0.717) is 0 Å². The molecule has 2 unspecified atom stereocenters. The summed E-state index contributed by atoms with van der Waals surface area (Å²) in [7, 11) is 1.58. The van der Waals surface area contributed by atoms with Crippen LogP contribution in [0.4, 0.5) is 0 Å². The average Bonchev–Trinajstić information content (AvgIpc) is 2.78. The van der Waals surface area contributed by atoms with E-state index < -0.39 is 18.4 Å². The molecule has 0 amide bonds. The highest BCUT2D eigenvalue weighted by molar-refractivity contribution is 5.72. The Balaban J connectivity index is 2.05. The molecular weight excluding hydrogens is 212 g/mol. The Hall–Kier alpha value is -1.59. The molecule has 1 fully saturated rings. The molecule has 1 aromatic carbocycles. The van der Waals surface area contributed by atoms with Gasteiger partial charge in [0.15, 0.2) is 12.4 Å². The standard InChI is InChI=1S/C11H12O5/c1-14-8-4-2-7(3-5-8)11-15-6-9(16-11)10(12)13/h2-5,9,11H,6H2,1H3,(H,12,13). The Kier molecular flexibility index (Phi) is 3.07. The molecule has 2 atom stereocenters. The number of rotatable bonds is 3. The minimum atomic E-state index is -1.00. The van der Waals surface area contributed by atoms with Gasteiger partial charge < -0.3 is 19.3 Å². The van der Waals surface area contributed by atoms with Gasteiger partial charge in [-0.15, -0.1) is 0 Å². The summed E-state index contributed by atoms with van der Waals surface area (Å²) in [5.41, 5.74) is 0.782. The van der Waals surface area contributed by atoms with E-state index in [1.807, 2.05) is 0 Å². The van der Waals surface area contributed by atoms with Crippen LogP contribution in [0.5, 0.6) is 5.75 Å². The van der Waals surface area contributed by atoms with Gasteiger partial charge in [-0.25, -0.2) is 4.79 Å². The second-order valence-corrected chi connectivity index (χ2v) is 3.40. The molecular formula is C11H12O5. The Bertz CT molecular complexity index is 372. The third kappa shape index (κ3) is 2.15. The normalized spacial score (nSPS) is 24.3. The molecule has 1 aromatic rings. The molecule has 0 radical (unpaired) electrons. The zero-order chi connectivity index (χ0) is 11.5. The van der Waals surface area contributed by atoms with E-state index in [1.165, 1.54) is 0 Å². The van der Waals surface area contributed by atoms with E-state index in [2.05, 4.69) is 0 Å². The van der Waals surface area contributed by atoms with Crippen molar-refractivity contribution in [1.29, 1.82) is 0 Å². The molecule has 5 heteroatoms. The van der Waals surface area contributed by atoms with E-state index in [4.69, 9.17) is 19.3 Å². The molecule has 1 heterocycles. The molecule has 0 aromatic heterocycles. The highest BCUT2D eigenvalue weighted by Gasteiger charge is 2.32. The van der Waals surface area contributed by atoms with Crippen LogP contribution in [0.25, 0.3) is 0 Å². The first-order chi connectivity index (χ1) is 7.70. The lowest BCUT2D eigenvalue weighted by atomic mass is 10.2.